The second-order valence-electron chi connectivity index (χ2n) is 1.56. The first-order chi connectivity index (χ1) is 4.74. The van der Waals surface area contributed by atoms with E-state index in [0.717, 1.165) is 6.20 Å². The van der Waals surface area contributed by atoms with Crippen molar-refractivity contribution >= 4 is 5.82 Å². The minimum Gasteiger partial charge on any atom is -0.382 e. The maximum absolute atomic E-state index is 10.4. The van der Waals surface area contributed by atoms with Crippen LogP contribution in [0.5, 0.6) is 5.75 Å². The minimum atomic E-state index is -0.585. The van der Waals surface area contributed by atoms with Crippen molar-refractivity contribution in [1.82, 2.24) is 9.97 Å². The number of rotatable bonds is 1. The van der Waals surface area contributed by atoms with Gasteiger partial charge in [0.15, 0.2) is 5.82 Å². The van der Waals surface area contributed by atoms with Gasteiger partial charge in [-0.2, -0.15) is 4.98 Å². The second-order valence-corrected chi connectivity index (χ2v) is 1.56. The molecule has 6 nitrogen and oxygen atoms in total. The van der Waals surface area contributed by atoms with Gasteiger partial charge in [-0.3, -0.25) is 4.98 Å². The molecule has 0 atom stereocenters. The molecule has 10 heavy (non-hydrogen) atoms. The Kier molecular flexibility index (Phi) is 1.55. The third kappa shape index (κ3) is 1.06. The highest BCUT2D eigenvalue weighted by atomic mass is 17.1. The van der Waals surface area contributed by atoms with Crippen molar-refractivity contribution in [1.29, 1.82) is 0 Å². The van der Waals surface area contributed by atoms with Crippen LogP contribution >= 0.6 is 0 Å². The number of hydrogen-bond acceptors (Lipinski definition) is 5. The number of aromatic nitrogens is 2. The predicted molar refractivity (Wildman–Crippen MR) is 32.5 cm³/mol. The molecule has 0 aliphatic rings. The Balaban J connectivity index is 3.19. The van der Waals surface area contributed by atoms with E-state index in [4.69, 9.17) is 11.0 Å². The molecule has 1 heterocycles. The van der Waals surface area contributed by atoms with Crippen LogP contribution in [-0.2, 0) is 0 Å². The van der Waals surface area contributed by atoms with Gasteiger partial charge in [0.2, 0.25) is 5.75 Å². The van der Waals surface area contributed by atoms with E-state index in [-0.39, 0.29) is 11.6 Å². The van der Waals surface area contributed by atoms with Gasteiger partial charge < -0.3 is 10.6 Å². The summed E-state index contributed by atoms with van der Waals surface area (Å²) in [5.74, 6) is -0.123. The van der Waals surface area contributed by atoms with E-state index in [9.17, 15) is 4.79 Å². The molecule has 1 aromatic heterocycles. The molecule has 0 unspecified atom stereocenters. The van der Waals surface area contributed by atoms with E-state index in [1.807, 2.05) is 0 Å². The summed E-state index contributed by atoms with van der Waals surface area (Å²) in [5.41, 5.74) is 4.57. The first-order valence-corrected chi connectivity index (χ1v) is 2.40. The van der Waals surface area contributed by atoms with Crippen LogP contribution in [0, 0.1) is 0 Å². The van der Waals surface area contributed by atoms with Crippen LogP contribution in [0.3, 0.4) is 0 Å². The maximum Gasteiger partial charge on any atom is 0.346 e. The topological polar surface area (TPSA) is 101 Å². The number of nitrogens with two attached hydrogens (primary N) is 1. The SMILES string of the molecule is Nc1[nH]c(=O)ncc1OO. The Labute approximate surface area is 55.2 Å². The van der Waals surface area contributed by atoms with Crippen LogP contribution in [0.15, 0.2) is 11.0 Å². The van der Waals surface area contributed by atoms with E-state index >= 15 is 0 Å². The summed E-state index contributed by atoms with van der Waals surface area (Å²) in [4.78, 5) is 19.5. The molecule has 54 valence electrons. The van der Waals surface area contributed by atoms with Crippen molar-refractivity contribution in [2.75, 3.05) is 5.73 Å². The molecule has 4 N–H and O–H groups in total. The lowest BCUT2D eigenvalue weighted by Crippen LogP contribution is -2.12. The molecular formula is C4H5N3O3. The molecule has 0 radical (unpaired) electrons. The first kappa shape index (κ1) is 6.56. The molecule has 0 amide bonds. The fourth-order valence-corrected chi connectivity index (χ4v) is 0.469. The molecule has 0 saturated carbocycles. The fraction of sp³-hybridized carbons (Fsp3) is 0. The quantitative estimate of drug-likeness (QED) is 0.353. The molecule has 6 heteroatoms. The smallest absolute Gasteiger partial charge is 0.346 e. The molecule has 1 aromatic rings. The zero-order valence-electron chi connectivity index (χ0n) is 4.87. The molecule has 0 aliphatic heterocycles. The molecule has 0 bridgehead atoms. The average Bonchev–Trinajstić information content (AvgIpc) is 1.88. The van der Waals surface area contributed by atoms with E-state index in [2.05, 4.69) is 14.9 Å². The number of hydrogen-bond donors (Lipinski definition) is 3. The monoisotopic (exact) mass is 143 g/mol. The number of nitrogens with one attached hydrogen (secondary N) is 1. The third-order valence-electron chi connectivity index (χ3n) is 0.904. The molecule has 0 spiro atoms. The van der Waals surface area contributed by atoms with Crippen molar-refractivity contribution in [3.05, 3.63) is 16.7 Å². The van der Waals surface area contributed by atoms with Crippen LogP contribution in [0.2, 0.25) is 0 Å². The van der Waals surface area contributed by atoms with Crippen LogP contribution < -0.4 is 16.3 Å². The number of anilines is 1. The predicted octanol–water partition coefficient (Wildman–Crippen LogP) is -0.796. The van der Waals surface area contributed by atoms with Gasteiger partial charge in [0, 0.05) is 0 Å². The lowest BCUT2D eigenvalue weighted by Gasteiger charge is -1.96. The van der Waals surface area contributed by atoms with E-state index in [1.54, 1.807) is 0 Å². The summed E-state index contributed by atoms with van der Waals surface area (Å²) < 4.78 is 0. The van der Waals surface area contributed by atoms with Crippen molar-refractivity contribution in [3.8, 4) is 5.75 Å². The normalized spacial score (nSPS) is 9.30. The summed E-state index contributed by atoms with van der Waals surface area (Å²) in [6.45, 7) is 0. The third-order valence-corrected chi connectivity index (χ3v) is 0.904. The van der Waals surface area contributed by atoms with Gasteiger partial charge >= 0.3 is 5.69 Å². The van der Waals surface area contributed by atoms with Gasteiger partial charge in [0.1, 0.15) is 0 Å². The van der Waals surface area contributed by atoms with Crippen molar-refractivity contribution < 1.29 is 10.1 Å². The van der Waals surface area contributed by atoms with E-state index in [1.165, 1.54) is 0 Å². The Bertz CT molecular complexity index is 281. The van der Waals surface area contributed by atoms with E-state index < -0.39 is 5.69 Å². The molecular weight excluding hydrogens is 138 g/mol. The standard InChI is InChI=1S/C4H5N3O3/c5-3-2(10-9)1-6-4(8)7-3/h1,9H,(H3,5,6,7,8). The van der Waals surface area contributed by atoms with Gasteiger partial charge in [0.05, 0.1) is 6.20 Å². The summed E-state index contributed by atoms with van der Waals surface area (Å²) in [6, 6.07) is 0. The Morgan fingerprint density at radius 1 is 1.80 bits per heavy atom. The van der Waals surface area contributed by atoms with Crippen LogP contribution in [0.25, 0.3) is 0 Å². The van der Waals surface area contributed by atoms with Crippen LogP contribution in [0.1, 0.15) is 0 Å². The summed E-state index contributed by atoms with van der Waals surface area (Å²) in [5, 5.41) is 8.07. The molecule has 0 aliphatic carbocycles. The minimum absolute atomic E-state index is 0.0532. The van der Waals surface area contributed by atoms with Crippen molar-refractivity contribution in [2.24, 2.45) is 0 Å². The van der Waals surface area contributed by atoms with Gasteiger partial charge in [-0.05, 0) is 0 Å². The van der Waals surface area contributed by atoms with E-state index in [0.29, 0.717) is 0 Å². The Morgan fingerprint density at radius 3 is 3.00 bits per heavy atom. The second kappa shape index (κ2) is 2.36. The molecule has 0 aromatic carbocycles. The number of aromatic amines is 1. The van der Waals surface area contributed by atoms with Gasteiger partial charge in [-0.15, -0.1) is 0 Å². The van der Waals surface area contributed by atoms with Gasteiger partial charge in [-0.1, -0.05) is 0 Å². The zero-order valence-corrected chi connectivity index (χ0v) is 4.87. The number of nitrogen functional groups attached to an aromatic ring is 1. The lowest BCUT2D eigenvalue weighted by molar-refractivity contribution is -0.137. The summed E-state index contributed by atoms with van der Waals surface area (Å²) in [7, 11) is 0. The Hall–Kier alpha value is -1.56. The maximum atomic E-state index is 10.4. The van der Waals surface area contributed by atoms with Crippen molar-refractivity contribution in [3.63, 3.8) is 0 Å². The number of nitrogens with zero attached hydrogens (tertiary/aromatic N) is 1. The highest BCUT2D eigenvalue weighted by Crippen LogP contribution is 2.11. The highest BCUT2D eigenvalue weighted by molar-refractivity contribution is 5.42. The molecule has 1 rings (SSSR count). The largest absolute Gasteiger partial charge is 0.382 e. The Morgan fingerprint density at radius 2 is 2.50 bits per heavy atom. The van der Waals surface area contributed by atoms with Gasteiger partial charge in [-0.25, -0.2) is 10.1 Å². The van der Waals surface area contributed by atoms with Crippen LogP contribution in [0.4, 0.5) is 5.82 Å². The van der Waals surface area contributed by atoms with Gasteiger partial charge in [0.25, 0.3) is 0 Å². The fourth-order valence-electron chi connectivity index (χ4n) is 0.469. The zero-order chi connectivity index (χ0) is 7.56. The highest BCUT2D eigenvalue weighted by Gasteiger charge is 1.99. The lowest BCUT2D eigenvalue weighted by atomic mass is 10.5. The number of H-pyrrole nitrogens is 1. The first-order valence-electron chi connectivity index (χ1n) is 2.40. The molecule has 0 fully saturated rings. The van der Waals surface area contributed by atoms with Crippen LogP contribution in [-0.4, -0.2) is 15.2 Å². The molecule has 0 saturated heterocycles. The average molecular weight is 143 g/mol. The summed E-state index contributed by atoms with van der Waals surface area (Å²) >= 11 is 0. The van der Waals surface area contributed by atoms with Crippen molar-refractivity contribution in [2.45, 2.75) is 0 Å². The summed E-state index contributed by atoms with van der Waals surface area (Å²) in [6.07, 6.45) is 1.02.